The van der Waals surface area contributed by atoms with Crippen molar-refractivity contribution in [2.45, 2.75) is 17.9 Å². The molecule has 0 saturated carbocycles. The Bertz CT molecular complexity index is 947. The van der Waals surface area contributed by atoms with Crippen LogP contribution in [0.25, 0.3) is 0 Å². The average molecular weight is 423 g/mol. The lowest BCUT2D eigenvalue weighted by atomic mass is 10.2. The molecule has 2 aromatic carbocycles. The van der Waals surface area contributed by atoms with Crippen LogP contribution in [0.5, 0.6) is 0 Å². The molecule has 0 aromatic heterocycles. The zero-order chi connectivity index (χ0) is 20.9. The predicted octanol–water partition coefficient (Wildman–Crippen LogP) is 1.98. The molecule has 1 N–H and O–H groups in total. The van der Waals surface area contributed by atoms with Crippen LogP contribution in [0.3, 0.4) is 0 Å². The average Bonchev–Trinajstić information content (AvgIpc) is 2.71. The number of benzene rings is 2. The largest absolute Gasteiger partial charge is 0.340 e. The lowest BCUT2D eigenvalue weighted by Gasteiger charge is -2.34. The fourth-order valence-electron chi connectivity index (χ4n) is 3.17. The summed E-state index contributed by atoms with van der Waals surface area (Å²) in [6.07, 6.45) is 0.00158. The van der Waals surface area contributed by atoms with E-state index in [1.54, 1.807) is 4.90 Å². The van der Waals surface area contributed by atoms with Crippen molar-refractivity contribution in [1.82, 2.24) is 14.5 Å². The first-order chi connectivity index (χ1) is 13.8. The summed E-state index contributed by atoms with van der Waals surface area (Å²) in [5, 5.41) is 0. The molecule has 1 amide bonds. The normalized spacial score (nSPS) is 15.4. The van der Waals surface area contributed by atoms with Crippen LogP contribution in [0.15, 0.2) is 53.4 Å². The zero-order valence-corrected chi connectivity index (χ0v) is 16.7. The molecule has 156 valence electrons. The summed E-state index contributed by atoms with van der Waals surface area (Å²) in [7, 11) is -4.00. The van der Waals surface area contributed by atoms with Crippen molar-refractivity contribution in [3.05, 3.63) is 65.7 Å². The van der Waals surface area contributed by atoms with Crippen LogP contribution in [-0.4, -0.2) is 56.8 Å². The molecule has 1 saturated heterocycles. The maximum atomic E-state index is 13.2. The van der Waals surface area contributed by atoms with Gasteiger partial charge in [0.25, 0.3) is 0 Å². The van der Waals surface area contributed by atoms with Crippen molar-refractivity contribution in [3.63, 3.8) is 0 Å². The predicted molar refractivity (Wildman–Crippen MR) is 104 cm³/mol. The van der Waals surface area contributed by atoms with Gasteiger partial charge in [-0.3, -0.25) is 9.69 Å². The molecule has 6 nitrogen and oxygen atoms in total. The number of carbonyl (C=O) groups is 1. The topological polar surface area (TPSA) is 69.7 Å². The molecular formula is C20H23F2N3O3S. The number of nitrogens with one attached hydrogen (secondary N) is 1. The number of piperazine rings is 1. The van der Waals surface area contributed by atoms with Crippen molar-refractivity contribution < 1.29 is 22.0 Å². The standard InChI is InChI=1S/C20H23F2N3O3S/c21-18-7-6-17(14-19(18)22)29(27,28)23-9-8-20(26)25-12-10-24(11-13-25)15-16-4-2-1-3-5-16/h1-7,14,23H,8-13,15H2. The summed E-state index contributed by atoms with van der Waals surface area (Å²) in [6, 6.07) is 12.4. The Labute approximate surface area is 169 Å². The molecule has 0 bridgehead atoms. The maximum Gasteiger partial charge on any atom is 0.240 e. The number of halogens is 2. The van der Waals surface area contributed by atoms with Crippen molar-refractivity contribution >= 4 is 15.9 Å². The van der Waals surface area contributed by atoms with E-state index in [0.717, 1.165) is 31.8 Å². The van der Waals surface area contributed by atoms with E-state index in [0.29, 0.717) is 19.2 Å². The Morgan fingerprint density at radius 2 is 1.66 bits per heavy atom. The second-order valence-electron chi connectivity index (χ2n) is 6.87. The Balaban J connectivity index is 1.43. The third kappa shape index (κ3) is 5.81. The van der Waals surface area contributed by atoms with E-state index in [4.69, 9.17) is 0 Å². The van der Waals surface area contributed by atoms with E-state index < -0.39 is 21.7 Å². The van der Waals surface area contributed by atoms with Crippen LogP contribution in [0.4, 0.5) is 8.78 Å². The fraction of sp³-hybridized carbons (Fsp3) is 0.350. The van der Waals surface area contributed by atoms with Crippen LogP contribution in [-0.2, 0) is 21.4 Å². The number of hydrogen-bond acceptors (Lipinski definition) is 4. The second-order valence-corrected chi connectivity index (χ2v) is 8.63. The highest BCUT2D eigenvalue weighted by molar-refractivity contribution is 7.89. The number of sulfonamides is 1. The minimum Gasteiger partial charge on any atom is -0.340 e. The maximum absolute atomic E-state index is 13.2. The van der Waals surface area contributed by atoms with Gasteiger partial charge in [0.05, 0.1) is 4.90 Å². The number of nitrogens with zero attached hydrogens (tertiary/aromatic N) is 2. The van der Waals surface area contributed by atoms with E-state index in [2.05, 4.69) is 21.8 Å². The molecule has 1 aliphatic heterocycles. The van der Waals surface area contributed by atoms with Crippen LogP contribution in [0.2, 0.25) is 0 Å². The molecule has 9 heteroatoms. The van der Waals surface area contributed by atoms with Crippen LogP contribution < -0.4 is 4.72 Å². The van der Waals surface area contributed by atoms with E-state index >= 15 is 0 Å². The van der Waals surface area contributed by atoms with Crippen molar-refractivity contribution in [2.75, 3.05) is 32.7 Å². The molecule has 29 heavy (non-hydrogen) atoms. The molecule has 0 unspecified atom stereocenters. The molecule has 2 aromatic rings. The lowest BCUT2D eigenvalue weighted by molar-refractivity contribution is -0.132. The van der Waals surface area contributed by atoms with Gasteiger partial charge in [-0.2, -0.15) is 0 Å². The van der Waals surface area contributed by atoms with Gasteiger partial charge in [-0.15, -0.1) is 0 Å². The number of hydrogen-bond donors (Lipinski definition) is 1. The molecule has 0 spiro atoms. The molecule has 3 rings (SSSR count). The molecule has 0 atom stereocenters. The third-order valence-electron chi connectivity index (χ3n) is 4.81. The molecule has 1 aliphatic rings. The van der Waals surface area contributed by atoms with Gasteiger partial charge in [-0.1, -0.05) is 30.3 Å². The Kier molecular flexibility index (Phi) is 6.94. The van der Waals surface area contributed by atoms with Gasteiger partial charge in [0.15, 0.2) is 11.6 Å². The van der Waals surface area contributed by atoms with E-state index in [9.17, 15) is 22.0 Å². The third-order valence-corrected chi connectivity index (χ3v) is 6.27. The summed E-state index contributed by atoms with van der Waals surface area (Å²) in [5.41, 5.74) is 1.22. The number of carbonyl (C=O) groups excluding carboxylic acids is 1. The molecular weight excluding hydrogens is 400 g/mol. The first-order valence-corrected chi connectivity index (χ1v) is 10.8. The highest BCUT2D eigenvalue weighted by atomic mass is 32.2. The molecule has 0 aliphatic carbocycles. The van der Waals surface area contributed by atoms with Gasteiger partial charge in [-0.05, 0) is 23.8 Å². The highest BCUT2D eigenvalue weighted by Gasteiger charge is 2.22. The summed E-state index contributed by atoms with van der Waals surface area (Å²) in [6.45, 7) is 3.40. The Morgan fingerprint density at radius 3 is 2.31 bits per heavy atom. The van der Waals surface area contributed by atoms with E-state index in [-0.39, 0.29) is 23.8 Å². The SMILES string of the molecule is O=C(CCNS(=O)(=O)c1ccc(F)c(F)c1)N1CCN(Cc2ccccc2)CC1. The summed E-state index contributed by atoms with van der Waals surface area (Å²) in [4.78, 5) is 16.0. The first-order valence-electron chi connectivity index (χ1n) is 9.34. The smallest absolute Gasteiger partial charge is 0.240 e. The fourth-order valence-corrected chi connectivity index (χ4v) is 4.22. The van der Waals surface area contributed by atoms with Gasteiger partial charge >= 0.3 is 0 Å². The molecule has 1 fully saturated rings. The summed E-state index contributed by atoms with van der Waals surface area (Å²) in [5.74, 6) is -2.50. The minimum atomic E-state index is -4.00. The molecule has 0 radical (unpaired) electrons. The van der Waals surface area contributed by atoms with Crippen molar-refractivity contribution in [3.8, 4) is 0 Å². The van der Waals surface area contributed by atoms with Crippen LogP contribution >= 0.6 is 0 Å². The quantitative estimate of drug-likeness (QED) is 0.740. The number of rotatable bonds is 7. The van der Waals surface area contributed by atoms with Gasteiger partial charge in [0.1, 0.15) is 0 Å². The van der Waals surface area contributed by atoms with Crippen molar-refractivity contribution in [1.29, 1.82) is 0 Å². The lowest BCUT2D eigenvalue weighted by Crippen LogP contribution is -2.48. The van der Waals surface area contributed by atoms with Crippen molar-refractivity contribution in [2.24, 2.45) is 0 Å². The zero-order valence-electron chi connectivity index (χ0n) is 15.9. The van der Waals surface area contributed by atoms with E-state index in [1.165, 1.54) is 5.56 Å². The Hall–Kier alpha value is -2.36. The van der Waals surface area contributed by atoms with Crippen LogP contribution in [0.1, 0.15) is 12.0 Å². The van der Waals surface area contributed by atoms with E-state index in [1.807, 2.05) is 18.2 Å². The summed E-state index contributed by atoms with van der Waals surface area (Å²) >= 11 is 0. The van der Waals surface area contributed by atoms with Gasteiger partial charge in [0, 0.05) is 45.7 Å². The second kappa shape index (κ2) is 9.43. The van der Waals surface area contributed by atoms with Gasteiger partial charge in [-0.25, -0.2) is 21.9 Å². The summed E-state index contributed by atoms with van der Waals surface area (Å²) < 4.78 is 52.7. The Morgan fingerprint density at radius 1 is 0.966 bits per heavy atom. The first kappa shape index (κ1) is 21.4. The highest BCUT2D eigenvalue weighted by Crippen LogP contribution is 2.14. The van der Waals surface area contributed by atoms with Gasteiger partial charge < -0.3 is 4.90 Å². The number of amides is 1. The van der Waals surface area contributed by atoms with Crippen LogP contribution in [0, 0.1) is 11.6 Å². The monoisotopic (exact) mass is 423 g/mol. The minimum absolute atomic E-state index is 0.00158. The van der Waals surface area contributed by atoms with Gasteiger partial charge in [0.2, 0.25) is 15.9 Å². The molecule has 1 heterocycles.